The molecule has 10 aromatic rings. The number of amides is 6. The van der Waals surface area contributed by atoms with Crippen LogP contribution < -0.4 is 40.2 Å². The van der Waals surface area contributed by atoms with E-state index in [4.69, 9.17) is 18.9 Å². The minimum Gasteiger partial charge on any atom is -0.507 e. The van der Waals surface area contributed by atoms with E-state index in [-0.39, 0.29) is 74.9 Å². The van der Waals surface area contributed by atoms with Crippen LogP contribution in [0.5, 0.6) is 34.5 Å². The van der Waals surface area contributed by atoms with E-state index in [9.17, 15) is 19.8 Å². The summed E-state index contributed by atoms with van der Waals surface area (Å²) < 4.78 is 24.8. The number of phenols is 2. The molecule has 102 heavy (non-hydrogen) atoms. The fourth-order valence-corrected chi connectivity index (χ4v) is 12.9. The van der Waals surface area contributed by atoms with Gasteiger partial charge in [0.1, 0.15) is 46.6 Å². The van der Waals surface area contributed by atoms with Crippen molar-refractivity contribution in [1.29, 1.82) is 0 Å². The number of carbonyl (C=O) groups excluding carboxylic acids is 6. The molecule has 0 fully saturated rings. The van der Waals surface area contributed by atoms with Crippen LogP contribution in [-0.4, -0.2) is 83.9 Å². The van der Waals surface area contributed by atoms with Gasteiger partial charge in [0, 0.05) is 117 Å². The molecule has 11 rings (SSSR count). The number of phenolic OH excluding ortho intramolecular Hbond substituents is 2. The molecule has 0 saturated carbocycles. The van der Waals surface area contributed by atoms with E-state index >= 15 is 19.2 Å². The van der Waals surface area contributed by atoms with Gasteiger partial charge in [-0.05, 0) is 132 Å². The second-order valence-corrected chi connectivity index (χ2v) is 25.1. The van der Waals surface area contributed by atoms with Crippen molar-refractivity contribution in [3.8, 4) is 34.5 Å². The Morgan fingerprint density at radius 3 is 1.02 bits per heavy atom. The molecule has 520 valence electrons. The zero-order chi connectivity index (χ0) is 71.5. The first kappa shape index (κ1) is 71.1. The predicted molar refractivity (Wildman–Crippen MR) is 395 cm³/mol. The van der Waals surface area contributed by atoms with Gasteiger partial charge in [-0.3, -0.25) is 28.8 Å². The normalized spacial score (nSPS) is 12.1. The maximum atomic E-state index is 15.8. The van der Waals surface area contributed by atoms with Gasteiger partial charge in [0.25, 0.3) is 23.6 Å². The van der Waals surface area contributed by atoms with Crippen LogP contribution in [0.15, 0.2) is 218 Å². The molecule has 0 saturated heterocycles. The Balaban J connectivity index is 1.08. The third kappa shape index (κ3) is 17.3. The van der Waals surface area contributed by atoms with Crippen LogP contribution in [0, 0.1) is 0 Å². The predicted octanol–water partition coefficient (Wildman–Crippen LogP) is 15.3. The molecule has 8 bridgehead atoms. The number of nitrogens with one attached hydrogen (secondary N) is 4. The highest BCUT2D eigenvalue weighted by molar-refractivity contribution is 6.03. The molecule has 0 spiro atoms. The molecule has 6 N–H and O–H groups in total. The first-order valence-electron chi connectivity index (χ1n) is 34.1. The second-order valence-electron chi connectivity index (χ2n) is 25.1. The Morgan fingerprint density at radius 1 is 0.422 bits per heavy atom. The summed E-state index contributed by atoms with van der Waals surface area (Å²) in [5.41, 5.74) is 7.86. The van der Waals surface area contributed by atoms with Crippen molar-refractivity contribution in [3.63, 3.8) is 0 Å². The molecule has 0 aromatic heterocycles. The molecule has 18 heteroatoms. The third-order valence-electron chi connectivity index (χ3n) is 18.0. The first-order chi connectivity index (χ1) is 49.8. The Morgan fingerprint density at radius 2 is 0.725 bits per heavy atom. The van der Waals surface area contributed by atoms with Gasteiger partial charge in [-0.1, -0.05) is 148 Å². The van der Waals surface area contributed by atoms with Crippen molar-refractivity contribution in [2.45, 2.75) is 90.4 Å². The summed E-state index contributed by atoms with van der Waals surface area (Å²) in [6.07, 6.45) is 3.73. The lowest BCUT2D eigenvalue weighted by molar-refractivity contribution is -0.121. The van der Waals surface area contributed by atoms with Crippen LogP contribution in [0.25, 0.3) is 0 Å². The molecule has 18 nitrogen and oxygen atoms in total. The molecular weight excluding hydrogens is 1280 g/mol. The number of aromatic hydroxyl groups is 2. The van der Waals surface area contributed by atoms with Gasteiger partial charge in [0.05, 0.1) is 27.4 Å². The van der Waals surface area contributed by atoms with Crippen LogP contribution >= 0.6 is 0 Å². The maximum absolute atomic E-state index is 15.8. The van der Waals surface area contributed by atoms with Crippen LogP contribution in [0.1, 0.15) is 139 Å². The van der Waals surface area contributed by atoms with Gasteiger partial charge in [0.2, 0.25) is 12.8 Å². The highest BCUT2D eigenvalue weighted by atomic mass is 16.5. The quantitative estimate of drug-likeness (QED) is 0.0153. The first-order valence-corrected chi connectivity index (χ1v) is 34.1. The second kappa shape index (κ2) is 34.1. The lowest BCUT2D eigenvalue weighted by Crippen LogP contribution is -2.41. The van der Waals surface area contributed by atoms with Crippen molar-refractivity contribution >= 4 is 59.2 Å². The number of hydrogen-bond donors (Lipinski definition) is 6. The summed E-state index contributed by atoms with van der Waals surface area (Å²) in [6.45, 7) is 4.68. The van der Waals surface area contributed by atoms with Gasteiger partial charge in [-0.25, -0.2) is 0 Å². The number of hydrogen-bond acceptors (Lipinski definition) is 12. The Hall–Kier alpha value is -12.2. The lowest BCUT2D eigenvalue weighted by atomic mass is 9.90. The number of nitrogens with zero attached hydrogens (tertiary/aromatic N) is 2. The molecule has 10 aromatic carbocycles. The highest BCUT2D eigenvalue weighted by Gasteiger charge is 2.36. The minimum absolute atomic E-state index is 0.0428. The van der Waals surface area contributed by atoms with Gasteiger partial charge >= 0.3 is 0 Å². The van der Waals surface area contributed by atoms with E-state index in [2.05, 4.69) is 21.3 Å². The number of rotatable bonds is 28. The van der Waals surface area contributed by atoms with Gasteiger partial charge in [-0.15, -0.1) is 0 Å². The SMILES string of the molecule is CCCCOc1c2cc(NC(=O)C(c3ccc(OC)cc3)N(Cc3ccccc3)C(=O)c3ccccc3)cc1Cc1cc(NC=O)cc(c1O)Cc1cc(NC(=O)C(c3ccc(OC)cc3)N(Cc3ccccc3)C(=O)c3ccccc3)cc(c1OCCCC)Cc1cc(NC=O)cc(c1O)C2. The smallest absolute Gasteiger partial charge is 0.255 e. The van der Waals surface area contributed by atoms with Crippen LogP contribution in [0.4, 0.5) is 22.7 Å². The third-order valence-corrected chi connectivity index (χ3v) is 18.0. The molecule has 1 aliphatic rings. The summed E-state index contributed by atoms with van der Waals surface area (Å²) in [6, 6.07) is 61.5. The van der Waals surface area contributed by atoms with E-state index in [0.29, 0.717) is 127 Å². The Bertz CT molecular complexity index is 4190. The van der Waals surface area contributed by atoms with E-state index in [1.54, 1.807) is 160 Å². The number of anilines is 4. The van der Waals surface area contributed by atoms with E-state index in [1.165, 1.54) is 9.80 Å². The fraction of sp³-hybridized carbons (Fsp3) is 0.214. The van der Waals surface area contributed by atoms with Crippen LogP contribution in [0.3, 0.4) is 0 Å². The molecule has 6 amide bonds. The molecular formula is C84H82N6O12. The number of methoxy groups -OCH3 is 2. The summed E-state index contributed by atoms with van der Waals surface area (Å²) in [4.78, 5) is 90.0. The summed E-state index contributed by atoms with van der Waals surface area (Å²) in [5.74, 6) is -0.353. The van der Waals surface area contributed by atoms with Gasteiger partial charge in [-0.2, -0.15) is 0 Å². The van der Waals surface area contributed by atoms with E-state index < -0.39 is 35.7 Å². The number of carbonyl (C=O) groups is 6. The highest BCUT2D eigenvalue weighted by Crippen LogP contribution is 2.43. The summed E-state index contributed by atoms with van der Waals surface area (Å²) >= 11 is 0. The van der Waals surface area contributed by atoms with E-state index in [0.717, 1.165) is 24.0 Å². The van der Waals surface area contributed by atoms with Gasteiger partial charge in [0.15, 0.2) is 0 Å². The van der Waals surface area contributed by atoms with Crippen LogP contribution in [0.2, 0.25) is 0 Å². The van der Waals surface area contributed by atoms with Crippen LogP contribution in [-0.2, 0) is 58.0 Å². The lowest BCUT2D eigenvalue weighted by Gasteiger charge is -2.32. The number of ether oxygens (including phenoxy) is 4. The van der Waals surface area contributed by atoms with Crippen molar-refractivity contribution < 1.29 is 57.9 Å². The fourth-order valence-electron chi connectivity index (χ4n) is 12.9. The average Bonchev–Trinajstić information content (AvgIpc) is 0.778. The molecule has 0 radical (unpaired) electrons. The zero-order valence-electron chi connectivity index (χ0n) is 57.5. The molecule has 2 atom stereocenters. The van der Waals surface area contributed by atoms with Gasteiger partial charge < -0.3 is 60.2 Å². The largest absolute Gasteiger partial charge is 0.507 e. The molecule has 0 aliphatic heterocycles. The van der Waals surface area contributed by atoms with Crippen molar-refractivity contribution in [1.82, 2.24) is 9.80 Å². The summed E-state index contributed by atoms with van der Waals surface area (Å²) in [7, 11) is 3.09. The summed E-state index contributed by atoms with van der Waals surface area (Å²) in [5, 5.41) is 38.1. The molecule has 0 heterocycles. The standard InChI is InChI=1S/C84H82N6O12/c1-5-7-37-101-79-65-39-61-43-69(85-53-91)45-63(77(61)93)41-67-49-72(88-82(96)76(58-31-35-74(100-4)36-32-58)90(52-56-23-15-10-16-24-56)84(98)60-27-19-12-20-28-60)50-68(80(67)102-38-8-6-2)42-64-46-70(86-54-92)44-62(78(64)94)40-66(79)48-71(47-65)87-81(95)75(57-29-33-73(99-3)34-30-57)89(51-55-21-13-9-14-22-55)83(97)59-25-17-11-18-26-59/h9-36,43-50,53-54,75-76,93-94H,5-8,37-42,51-52H2,1-4H3,(H,85,91)(H,86,92)(H,87,95)(H,88,96). The topological polar surface area (TPSA) is 234 Å². The number of fused-ring (bicyclic) bond motifs is 8. The Kier molecular flexibility index (Phi) is 23.7. The zero-order valence-corrected chi connectivity index (χ0v) is 57.5. The minimum atomic E-state index is -1.24. The van der Waals surface area contributed by atoms with E-state index in [1.807, 2.05) is 86.6 Å². The maximum Gasteiger partial charge on any atom is 0.255 e. The van der Waals surface area contributed by atoms with Crippen molar-refractivity contribution in [3.05, 3.63) is 296 Å². The number of unbranched alkanes of at least 4 members (excludes halogenated alkanes) is 2. The molecule has 2 unspecified atom stereocenters. The van der Waals surface area contributed by atoms with Crippen molar-refractivity contribution in [2.24, 2.45) is 0 Å². The van der Waals surface area contributed by atoms with Crippen molar-refractivity contribution in [2.75, 3.05) is 48.7 Å². The number of benzene rings is 10. The Labute approximate surface area is 593 Å². The monoisotopic (exact) mass is 1370 g/mol. The average molecular weight is 1370 g/mol. The molecule has 1 aliphatic carbocycles.